The molecule has 0 saturated heterocycles. The molecule has 0 aliphatic rings. The Bertz CT molecular complexity index is 465. The minimum Gasteiger partial charge on any atom is -0.391 e. The predicted octanol–water partition coefficient (Wildman–Crippen LogP) is 1.36. The van der Waals surface area contributed by atoms with Gasteiger partial charge in [-0.25, -0.2) is 0 Å². The highest BCUT2D eigenvalue weighted by atomic mass is 16.3. The van der Waals surface area contributed by atoms with Crippen LogP contribution in [0, 0.1) is 0 Å². The number of rotatable bonds is 4. The Labute approximate surface area is 95.1 Å². The molecule has 3 heteroatoms. The molecule has 0 aliphatic carbocycles. The second kappa shape index (κ2) is 5.05. The molecule has 0 fully saturated rings. The number of nitrogens with one attached hydrogen (secondary N) is 1. The Hall–Kier alpha value is -1.45. The third-order valence-electron chi connectivity index (χ3n) is 2.63. The number of aromatic nitrogens is 1. The standard InChI is InChI=1S/C13H16N2O/c1-14-9-11(16)8-10-6-7-15-13-5-3-2-4-12(10)13/h2-7,11,14,16H,8-9H2,1H3. The van der Waals surface area contributed by atoms with Crippen molar-refractivity contribution in [2.24, 2.45) is 0 Å². The molecule has 1 unspecified atom stereocenters. The molecule has 1 atom stereocenters. The average Bonchev–Trinajstić information content (AvgIpc) is 2.30. The van der Waals surface area contributed by atoms with Gasteiger partial charge in [-0.05, 0) is 24.7 Å². The van der Waals surface area contributed by atoms with Crippen molar-refractivity contribution in [3.05, 3.63) is 42.1 Å². The minimum atomic E-state index is -0.351. The number of aliphatic hydroxyl groups excluding tert-OH is 1. The van der Waals surface area contributed by atoms with Gasteiger partial charge in [-0.1, -0.05) is 18.2 Å². The maximum Gasteiger partial charge on any atom is 0.0704 e. The fourth-order valence-corrected chi connectivity index (χ4v) is 1.89. The number of pyridine rings is 1. The Kier molecular flexibility index (Phi) is 3.49. The summed E-state index contributed by atoms with van der Waals surface area (Å²) < 4.78 is 0. The van der Waals surface area contributed by atoms with Crippen molar-refractivity contribution in [2.45, 2.75) is 12.5 Å². The third kappa shape index (κ3) is 2.38. The molecule has 1 heterocycles. The van der Waals surface area contributed by atoms with E-state index in [1.165, 1.54) is 0 Å². The lowest BCUT2D eigenvalue weighted by molar-refractivity contribution is 0.175. The van der Waals surface area contributed by atoms with Crippen molar-refractivity contribution in [1.82, 2.24) is 10.3 Å². The van der Waals surface area contributed by atoms with Gasteiger partial charge in [0, 0.05) is 24.5 Å². The average molecular weight is 216 g/mol. The molecule has 0 saturated carbocycles. The van der Waals surface area contributed by atoms with Gasteiger partial charge >= 0.3 is 0 Å². The predicted molar refractivity (Wildman–Crippen MR) is 65.4 cm³/mol. The molecule has 1 aromatic heterocycles. The summed E-state index contributed by atoms with van der Waals surface area (Å²) in [6.45, 7) is 0.608. The van der Waals surface area contributed by atoms with Crippen LogP contribution in [0.2, 0.25) is 0 Å². The van der Waals surface area contributed by atoms with E-state index < -0.39 is 0 Å². The second-order valence-electron chi connectivity index (χ2n) is 3.90. The lowest BCUT2D eigenvalue weighted by Crippen LogP contribution is -2.25. The Morgan fingerprint density at radius 3 is 2.94 bits per heavy atom. The summed E-state index contributed by atoms with van der Waals surface area (Å²) >= 11 is 0. The van der Waals surface area contributed by atoms with Crippen LogP contribution >= 0.6 is 0 Å². The molecule has 84 valence electrons. The molecule has 0 amide bonds. The van der Waals surface area contributed by atoms with Crippen LogP contribution in [0.3, 0.4) is 0 Å². The first kappa shape index (κ1) is 11.0. The third-order valence-corrected chi connectivity index (χ3v) is 2.63. The van der Waals surface area contributed by atoms with Crippen LogP contribution in [-0.4, -0.2) is 29.8 Å². The molecule has 2 aromatic rings. The highest BCUT2D eigenvalue weighted by Gasteiger charge is 2.07. The van der Waals surface area contributed by atoms with E-state index in [1.54, 1.807) is 6.20 Å². The molecule has 0 bridgehead atoms. The SMILES string of the molecule is CNCC(O)Cc1ccnc2ccccc12. The number of likely N-dealkylation sites (N-methyl/N-ethyl adjacent to an activating group) is 1. The second-order valence-corrected chi connectivity index (χ2v) is 3.90. The molecule has 16 heavy (non-hydrogen) atoms. The number of hydrogen-bond acceptors (Lipinski definition) is 3. The number of fused-ring (bicyclic) bond motifs is 1. The van der Waals surface area contributed by atoms with Crippen molar-refractivity contribution in [2.75, 3.05) is 13.6 Å². The van der Waals surface area contributed by atoms with Gasteiger partial charge in [-0.15, -0.1) is 0 Å². The quantitative estimate of drug-likeness (QED) is 0.811. The molecule has 0 aliphatic heterocycles. The van der Waals surface area contributed by atoms with Crippen LogP contribution in [0.5, 0.6) is 0 Å². The first-order valence-corrected chi connectivity index (χ1v) is 5.46. The highest BCUT2D eigenvalue weighted by molar-refractivity contribution is 5.81. The fourth-order valence-electron chi connectivity index (χ4n) is 1.89. The Morgan fingerprint density at radius 2 is 2.12 bits per heavy atom. The first-order chi connectivity index (χ1) is 7.81. The summed E-state index contributed by atoms with van der Waals surface area (Å²) in [6, 6.07) is 9.98. The summed E-state index contributed by atoms with van der Waals surface area (Å²) in [4.78, 5) is 4.30. The zero-order chi connectivity index (χ0) is 11.4. The maximum atomic E-state index is 9.78. The molecular formula is C13H16N2O. The van der Waals surface area contributed by atoms with E-state index in [4.69, 9.17) is 0 Å². The fraction of sp³-hybridized carbons (Fsp3) is 0.308. The maximum absolute atomic E-state index is 9.78. The van der Waals surface area contributed by atoms with Gasteiger partial charge in [0.05, 0.1) is 11.6 Å². The van der Waals surface area contributed by atoms with E-state index in [2.05, 4.69) is 10.3 Å². The molecule has 0 radical (unpaired) electrons. The van der Waals surface area contributed by atoms with Crippen molar-refractivity contribution in [3.8, 4) is 0 Å². The van der Waals surface area contributed by atoms with E-state index in [0.29, 0.717) is 13.0 Å². The highest BCUT2D eigenvalue weighted by Crippen LogP contribution is 2.17. The van der Waals surface area contributed by atoms with E-state index in [0.717, 1.165) is 16.5 Å². The molecule has 2 rings (SSSR count). The van der Waals surface area contributed by atoms with E-state index in [1.807, 2.05) is 37.4 Å². The van der Waals surface area contributed by atoms with Gasteiger partial charge in [0.25, 0.3) is 0 Å². The van der Waals surface area contributed by atoms with Gasteiger partial charge in [0.2, 0.25) is 0 Å². The number of para-hydroxylation sites is 1. The molecule has 2 N–H and O–H groups in total. The monoisotopic (exact) mass is 216 g/mol. The summed E-state index contributed by atoms with van der Waals surface area (Å²) in [5, 5.41) is 13.9. The molecular weight excluding hydrogens is 200 g/mol. The molecule has 1 aromatic carbocycles. The number of aliphatic hydroxyl groups is 1. The van der Waals surface area contributed by atoms with Gasteiger partial charge in [-0.3, -0.25) is 4.98 Å². The van der Waals surface area contributed by atoms with Gasteiger partial charge in [0.1, 0.15) is 0 Å². The van der Waals surface area contributed by atoms with Crippen LogP contribution < -0.4 is 5.32 Å². The zero-order valence-corrected chi connectivity index (χ0v) is 9.35. The van der Waals surface area contributed by atoms with Crippen LogP contribution in [0.15, 0.2) is 36.5 Å². The first-order valence-electron chi connectivity index (χ1n) is 5.46. The van der Waals surface area contributed by atoms with Crippen molar-refractivity contribution < 1.29 is 5.11 Å². The van der Waals surface area contributed by atoms with Gasteiger partial charge < -0.3 is 10.4 Å². The Morgan fingerprint density at radius 1 is 1.31 bits per heavy atom. The van der Waals surface area contributed by atoms with Crippen LogP contribution in [-0.2, 0) is 6.42 Å². The largest absolute Gasteiger partial charge is 0.391 e. The summed E-state index contributed by atoms with van der Waals surface area (Å²) in [5.74, 6) is 0. The Balaban J connectivity index is 2.30. The van der Waals surface area contributed by atoms with Crippen molar-refractivity contribution in [1.29, 1.82) is 0 Å². The summed E-state index contributed by atoms with van der Waals surface area (Å²) in [6.07, 6.45) is 2.10. The topological polar surface area (TPSA) is 45.1 Å². The smallest absolute Gasteiger partial charge is 0.0704 e. The van der Waals surface area contributed by atoms with Crippen molar-refractivity contribution in [3.63, 3.8) is 0 Å². The molecule has 0 spiro atoms. The zero-order valence-electron chi connectivity index (χ0n) is 9.35. The van der Waals surface area contributed by atoms with Crippen LogP contribution in [0.1, 0.15) is 5.56 Å². The van der Waals surface area contributed by atoms with Crippen LogP contribution in [0.25, 0.3) is 10.9 Å². The van der Waals surface area contributed by atoms with Crippen LogP contribution in [0.4, 0.5) is 0 Å². The van der Waals surface area contributed by atoms with Gasteiger partial charge in [-0.2, -0.15) is 0 Å². The van der Waals surface area contributed by atoms with Crippen molar-refractivity contribution >= 4 is 10.9 Å². The van der Waals surface area contributed by atoms with Gasteiger partial charge in [0.15, 0.2) is 0 Å². The number of nitrogens with zero attached hydrogens (tertiary/aromatic N) is 1. The lowest BCUT2D eigenvalue weighted by atomic mass is 10.0. The lowest BCUT2D eigenvalue weighted by Gasteiger charge is -2.11. The normalized spacial score (nSPS) is 12.9. The van der Waals surface area contributed by atoms with E-state index in [-0.39, 0.29) is 6.10 Å². The molecule has 3 nitrogen and oxygen atoms in total. The number of benzene rings is 1. The minimum absolute atomic E-state index is 0.351. The number of hydrogen-bond donors (Lipinski definition) is 2. The van der Waals surface area contributed by atoms with E-state index >= 15 is 0 Å². The summed E-state index contributed by atoms with van der Waals surface area (Å²) in [7, 11) is 1.84. The summed E-state index contributed by atoms with van der Waals surface area (Å²) in [5.41, 5.74) is 2.13. The van der Waals surface area contributed by atoms with E-state index in [9.17, 15) is 5.11 Å².